The number of aromatic hydroxyl groups is 6. The lowest BCUT2D eigenvalue weighted by atomic mass is 9.95. The van der Waals surface area contributed by atoms with Crippen LogP contribution in [0.2, 0.25) is 0 Å². The van der Waals surface area contributed by atoms with E-state index in [1.807, 2.05) is 0 Å². The summed E-state index contributed by atoms with van der Waals surface area (Å²) < 4.78 is 0. The van der Waals surface area contributed by atoms with E-state index in [1.165, 1.54) is 0 Å². The number of hydrogen-bond donors (Lipinski definition) is 6. The monoisotopic (exact) mass is 404 g/mol. The summed E-state index contributed by atoms with van der Waals surface area (Å²) in [5.41, 5.74) is -2.23. The summed E-state index contributed by atoms with van der Waals surface area (Å²) in [6, 6.07) is 1.58. The highest BCUT2D eigenvalue weighted by Crippen LogP contribution is 2.43. The molecule has 152 valence electrons. The van der Waals surface area contributed by atoms with Gasteiger partial charge in [0.05, 0.1) is 28.7 Å². The van der Waals surface area contributed by atoms with E-state index in [1.54, 1.807) is 0 Å². The maximum Gasteiger partial charge on any atom is 0.201 e. The summed E-state index contributed by atoms with van der Waals surface area (Å²) in [5, 5.41) is 58.5. The molecule has 0 fully saturated rings. The van der Waals surface area contributed by atoms with Gasteiger partial charge in [-0.3, -0.25) is 19.2 Å². The van der Waals surface area contributed by atoms with Gasteiger partial charge in [0.1, 0.15) is 0 Å². The Bertz CT molecular complexity index is 996. The number of phenolic OH excluding ortho intramolecular Hbond substituents is 6. The van der Waals surface area contributed by atoms with E-state index in [4.69, 9.17) is 0 Å². The fourth-order valence-electron chi connectivity index (χ4n) is 2.59. The van der Waals surface area contributed by atoms with Crippen molar-refractivity contribution in [2.45, 2.75) is 20.3 Å². The number of hydrogen-bond acceptors (Lipinski definition) is 10. The molecule has 10 nitrogen and oxygen atoms in total. The number of phenols is 6. The van der Waals surface area contributed by atoms with Gasteiger partial charge in [-0.2, -0.15) is 0 Å². The summed E-state index contributed by atoms with van der Waals surface area (Å²) in [6.45, 7) is 2.07. The predicted molar refractivity (Wildman–Crippen MR) is 96.2 cm³/mol. The standard InChI is InChI=1S/C19H16O10/c1-6(20)8-3-10(16(26)18(28)14(8)24)12(22)5-13(23)11-4-9(7(2)21)15(25)19(29)17(11)27/h3-4,24-29H,5H2,1-2H3. The summed E-state index contributed by atoms with van der Waals surface area (Å²) in [7, 11) is 0. The molecule has 0 unspecified atom stereocenters. The number of carbonyl (C=O) groups excluding carboxylic acids is 4. The Hall–Kier alpha value is -4.08. The average Bonchev–Trinajstić information content (AvgIpc) is 2.63. The first-order valence-electron chi connectivity index (χ1n) is 8.02. The lowest BCUT2D eigenvalue weighted by Gasteiger charge is -2.12. The van der Waals surface area contributed by atoms with E-state index >= 15 is 0 Å². The van der Waals surface area contributed by atoms with E-state index in [0.717, 1.165) is 26.0 Å². The van der Waals surface area contributed by atoms with Crippen LogP contribution in [0.15, 0.2) is 12.1 Å². The van der Waals surface area contributed by atoms with Crippen LogP contribution in [0.1, 0.15) is 61.7 Å². The predicted octanol–water partition coefficient (Wildman–Crippen LogP) is 1.78. The number of ketones is 4. The Labute approximate surface area is 162 Å². The summed E-state index contributed by atoms with van der Waals surface area (Å²) in [5.74, 6) is -9.91. The van der Waals surface area contributed by atoms with Crippen LogP contribution in [0, 0.1) is 0 Å². The highest BCUT2D eigenvalue weighted by molar-refractivity contribution is 6.17. The van der Waals surface area contributed by atoms with Gasteiger partial charge in [-0.05, 0) is 26.0 Å². The zero-order valence-corrected chi connectivity index (χ0v) is 15.2. The Morgan fingerprint density at radius 1 is 0.552 bits per heavy atom. The Kier molecular flexibility index (Phi) is 5.49. The van der Waals surface area contributed by atoms with Crippen LogP contribution in [0.5, 0.6) is 34.5 Å². The molecule has 6 N–H and O–H groups in total. The van der Waals surface area contributed by atoms with Gasteiger partial charge in [0.2, 0.25) is 11.5 Å². The topological polar surface area (TPSA) is 190 Å². The molecule has 0 atom stereocenters. The third kappa shape index (κ3) is 3.68. The maximum absolute atomic E-state index is 12.4. The van der Waals surface area contributed by atoms with Crippen molar-refractivity contribution in [3.05, 3.63) is 34.4 Å². The fraction of sp³-hybridized carbons (Fsp3) is 0.158. The van der Waals surface area contributed by atoms with Crippen molar-refractivity contribution in [2.75, 3.05) is 0 Å². The fourth-order valence-corrected chi connectivity index (χ4v) is 2.59. The van der Waals surface area contributed by atoms with Gasteiger partial charge < -0.3 is 30.6 Å². The van der Waals surface area contributed by atoms with Gasteiger partial charge in [-0.25, -0.2) is 0 Å². The minimum absolute atomic E-state index is 0.472. The first kappa shape index (κ1) is 21.2. The van der Waals surface area contributed by atoms with E-state index in [2.05, 4.69) is 0 Å². The molecular formula is C19H16O10. The van der Waals surface area contributed by atoms with Crippen molar-refractivity contribution >= 4 is 23.1 Å². The van der Waals surface area contributed by atoms with Crippen LogP contribution in [0.25, 0.3) is 0 Å². The molecule has 0 amide bonds. The summed E-state index contributed by atoms with van der Waals surface area (Å²) in [4.78, 5) is 47.9. The second kappa shape index (κ2) is 7.50. The largest absolute Gasteiger partial charge is 0.504 e. The minimum atomic E-state index is -1.13. The average molecular weight is 404 g/mol. The summed E-state index contributed by atoms with van der Waals surface area (Å²) >= 11 is 0. The van der Waals surface area contributed by atoms with Crippen LogP contribution in [-0.4, -0.2) is 53.8 Å². The first-order chi connectivity index (χ1) is 13.4. The van der Waals surface area contributed by atoms with Gasteiger partial charge in [0.15, 0.2) is 46.1 Å². The molecule has 0 saturated carbocycles. The molecule has 29 heavy (non-hydrogen) atoms. The van der Waals surface area contributed by atoms with E-state index in [9.17, 15) is 49.8 Å². The molecule has 2 aromatic rings. The van der Waals surface area contributed by atoms with E-state index in [-0.39, 0.29) is 0 Å². The molecule has 2 rings (SSSR count). The zero-order valence-electron chi connectivity index (χ0n) is 15.2. The van der Waals surface area contributed by atoms with Gasteiger partial charge in [0, 0.05) is 0 Å². The molecule has 0 aromatic heterocycles. The molecule has 0 aliphatic rings. The van der Waals surface area contributed by atoms with Crippen molar-refractivity contribution in [1.82, 2.24) is 0 Å². The molecule has 0 spiro atoms. The van der Waals surface area contributed by atoms with Crippen LogP contribution < -0.4 is 0 Å². The van der Waals surface area contributed by atoms with Crippen molar-refractivity contribution < 1.29 is 49.8 Å². The summed E-state index contributed by atoms with van der Waals surface area (Å²) in [6.07, 6.45) is -1.01. The minimum Gasteiger partial charge on any atom is -0.504 e. The first-order valence-corrected chi connectivity index (χ1v) is 8.02. The van der Waals surface area contributed by atoms with Crippen LogP contribution in [-0.2, 0) is 0 Å². The lowest BCUT2D eigenvalue weighted by Crippen LogP contribution is -2.11. The van der Waals surface area contributed by atoms with E-state index < -0.39 is 86.3 Å². The van der Waals surface area contributed by atoms with Crippen molar-refractivity contribution in [2.24, 2.45) is 0 Å². The number of benzene rings is 2. The van der Waals surface area contributed by atoms with E-state index in [0.29, 0.717) is 0 Å². The third-order valence-corrected chi connectivity index (χ3v) is 4.18. The second-order valence-corrected chi connectivity index (χ2v) is 6.17. The molecule has 0 bridgehead atoms. The van der Waals surface area contributed by atoms with Crippen LogP contribution in [0.4, 0.5) is 0 Å². The van der Waals surface area contributed by atoms with Gasteiger partial charge in [-0.15, -0.1) is 0 Å². The SMILES string of the molecule is CC(=O)c1cc(C(=O)CC(=O)c2cc(C(C)=O)c(O)c(O)c2O)c(O)c(O)c1O. The van der Waals surface area contributed by atoms with Gasteiger partial charge in [0.25, 0.3) is 0 Å². The van der Waals surface area contributed by atoms with Crippen molar-refractivity contribution in [1.29, 1.82) is 0 Å². The van der Waals surface area contributed by atoms with Crippen LogP contribution >= 0.6 is 0 Å². The zero-order chi connectivity index (χ0) is 22.2. The number of rotatable bonds is 6. The molecule has 0 aliphatic heterocycles. The smallest absolute Gasteiger partial charge is 0.201 e. The Morgan fingerprint density at radius 2 is 0.828 bits per heavy atom. The lowest BCUT2D eigenvalue weighted by molar-refractivity contribution is 0.0890. The molecule has 0 saturated heterocycles. The molecule has 10 heteroatoms. The second-order valence-electron chi connectivity index (χ2n) is 6.17. The van der Waals surface area contributed by atoms with Gasteiger partial charge in [-0.1, -0.05) is 0 Å². The molecule has 2 aromatic carbocycles. The number of carbonyl (C=O) groups is 4. The molecule has 0 radical (unpaired) electrons. The Balaban J connectivity index is 2.49. The maximum atomic E-state index is 12.4. The normalized spacial score (nSPS) is 10.6. The highest BCUT2D eigenvalue weighted by Gasteiger charge is 2.27. The quantitative estimate of drug-likeness (QED) is 0.235. The molecular weight excluding hydrogens is 388 g/mol. The van der Waals surface area contributed by atoms with Crippen molar-refractivity contribution in [3.8, 4) is 34.5 Å². The number of Topliss-reactive ketones (excluding diaryl/α,β-unsaturated/α-hetero) is 4. The third-order valence-electron chi connectivity index (χ3n) is 4.18. The van der Waals surface area contributed by atoms with Crippen LogP contribution in [0.3, 0.4) is 0 Å². The van der Waals surface area contributed by atoms with Gasteiger partial charge >= 0.3 is 0 Å². The Morgan fingerprint density at radius 3 is 1.10 bits per heavy atom. The molecule has 0 aliphatic carbocycles. The van der Waals surface area contributed by atoms with Crippen molar-refractivity contribution in [3.63, 3.8) is 0 Å². The highest BCUT2D eigenvalue weighted by atomic mass is 16.3. The molecule has 0 heterocycles.